The summed E-state index contributed by atoms with van der Waals surface area (Å²) < 4.78 is 5.85. The summed E-state index contributed by atoms with van der Waals surface area (Å²) in [4.78, 5) is 34.8. The van der Waals surface area contributed by atoms with Gasteiger partial charge in [0.2, 0.25) is 0 Å². The number of aryl methyl sites for hydroxylation is 2. The fraction of sp³-hybridized carbons (Fsp3) is 0.486. The van der Waals surface area contributed by atoms with Gasteiger partial charge in [0.25, 0.3) is 0 Å². The highest BCUT2D eigenvalue weighted by Gasteiger charge is 2.28. The lowest BCUT2D eigenvalue weighted by Crippen LogP contribution is -2.35. The largest absolute Gasteiger partial charge is 0.460 e. The van der Waals surface area contributed by atoms with Crippen LogP contribution in [-0.4, -0.2) is 57.7 Å². The van der Waals surface area contributed by atoms with Crippen LogP contribution in [0.3, 0.4) is 0 Å². The summed E-state index contributed by atoms with van der Waals surface area (Å²) in [6.45, 7) is 11.2. The first-order chi connectivity index (χ1) is 22.3. The summed E-state index contributed by atoms with van der Waals surface area (Å²) >= 11 is 0. The number of esters is 1. The minimum atomic E-state index is -0.562. The number of nitrogens with one attached hydrogen (secondary N) is 2. The molecule has 46 heavy (non-hydrogen) atoms. The van der Waals surface area contributed by atoms with Gasteiger partial charge in [-0.05, 0) is 95.0 Å². The molecular formula is C37H47N7O2. The van der Waals surface area contributed by atoms with Crippen molar-refractivity contribution in [2.45, 2.75) is 84.2 Å². The van der Waals surface area contributed by atoms with Crippen LogP contribution in [0.5, 0.6) is 0 Å². The van der Waals surface area contributed by atoms with Gasteiger partial charge in [-0.15, -0.1) is 0 Å². The number of fused-ring (bicyclic) bond motifs is 2. The Morgan fingerprint density at radius 3 is 2.74 bits per heavy atom. The normalized spacial score (nSPS) is 16.0. The molecule has 2 N–H and O–H groups in total. The monoisotopic (exact) mass is 621 g/mol. The van der Waals surface area contributed by atoms with Crippen LogP contribution in [0.15, 0.2) is 55.0 Å². The number of piperidine rings is 1. The molecule has 9 heteroatoms. The summed E-state index contributed by atoms with van der Waals surface area (Å²) in [6.07, 6.45) is 10.1. The number of ether oxygens (including phenoxy) is 1. The summed E-state index contributed by atoms with van der Waals surface area (Å²) in [6, 6.07) is 14.8. The van der Waals surface area contributed by atoms with Crippen molar-refractivity contribution in [3.05, 3.63) is 77.4 Å². The molecule has 4 aromatic rings. The second-order valence-corrected chi connectivity index (χ2v) is 13.6. The number of hydrogen-bond acceptors (Lipinski definition) is 9. The quantitative estimate of drug-likeness (QED) is 0.187. The SMILES string of the molecule is CCc1c(NC[C@H](CCc2cnc3ccccc3c2)C(=O)OC(C)(C)C)ncnc1N1CCC(c2ccc3c(n2)NCCC3)CC1. The van der Waals surface area contributed by atoms with E-state index in [2.05, 4.69) is 56.7 Å². The highest BCUT2D eigenvalue weighted by Crippen LogP contribution is 2.33. The molecule has 1 saturated heterocycles. The zero-order valence-electron chi connectivity index (χ0n) is 27.7. The highest BCUT2D eigenvalue weighted by molar-refractivity contribution is 5.79. The standard InChI is InChI=1S/C37H47N7O2/c1-5-30-34(40-23-29(36(45)46-37(2,3)4)13-12-25-21-28-9-6-7-11-31(28)39-22-25)41-24-42-35(30)44-19-16-26(17-20-44)32-15-14-27-10-8-18-38-33(27)43-32/h6-7,9,11,14-15,21-22,24,26,29H,5,8,10,12-13,16-20,23H2,1-4H3,(H,38,43)(H,40,41,42)/t29-/m0/s1. The fourth-order valence-corrected chi connectivity index (χ4v) is 6.61. The van der Waals surface area contributed by atoms with E-state index in [1.165, 1.54) is 17.7 Å². The first-order valence-corrected chi connectivity index (χ1v) is 16.9. The molecule has 6 rings (SSSR count). The van der Waals surface area contributed by atoms with Gasteiger partial charge < -0.3 is 20.3 Å². The Kier molecular flexibility index (Phi) is 9.66. The number of rotatable bonds is 10. The zero-order chi connectivity index (χ0) is 32.1. The average molecular weight is 622 g/mol. The Labute approximate surface area is 272 Å². The minimum Gasteiger partial charge on any atom is -0.460 e. The maximum absolute atomic E-state index is 13.4. The van der Waals surface area contributed by atoms with Gasteiger partial charge in [0, 0.05) is 54.9 Å². The maximum atomic E-state index is 13.4. The first-order valence-electron chi connectivity index (χ1n) is 16.9. The molecule has 0 saturated carbocycles. The Hall–Kier alpha value is -4.27. The number of hydrogen-bond donors (Lipinski definition) is 2. The number of nitrogens with zero attached hydrogens (tertiary/aromatic N) is 5. The van der Waals surface area contributed by atoms with Gasteiger partial charge >= 0.3 is 5.97 Å². The molecule has 0 spiro atoms. The molecule has 0 radical (unpaired) electrons. The van der Waals surface area contributed by atoms with Crippen LogP contribution < -0.4 is 15.5 Å². The third-order valence-corrected chi connectivity index (χ3v) is 9.09. The minimum absolute atomic E-state index is 0.200. The molecule has 1 atom stereocenters. The number of pyridine rings is 2. The van der Waals surface area contributed by atoms with Crippen molar-refractivity contribution in [1.82, 2.24) is 19.9 Å². The molecule has 9 nitrogen and oxygen atoms in total. The van der Waals surface area contributed by atoms with Crippen molar-refractivity contribution in [3.8, 4) is 0 Å². The van der Waals surface area contributed by atoms with E-state index in [-0.39, 0.29) is 11.9 Å². The number of carbonyl (C=O) groups excluding carboxylic acids is 1. The van der Waals surface area contributed by atoms with Gasteiger partial charge in [0.05, 0.1) is 11.4 Å². The molecule has 0 aliphatic carbocycles. The maximum Gasteiger partial charge on any atom is 0.311 e. The Balaban J connectivity index is 1.12. The van der Waals surface area contributed by atoms with Crippen molar-refractivity contribution in [2.24, 2.45) is 5.92 Å². The highest BCUT2D eigenvalue weighted by atomic mass is 16.6. The predicted molar refractivity (Wildman–Crippen MR) is 185 cm³/mol. The summed E-state index contributed by atoms with van der Waals surface area (Å²) in [5.74, 6) is 2.75. The van der Waals surface area contributed by atoms with Gasteiger partial charge in [-0.1, -0.05) is 31.2 Å². The predicted octanol–water partition coefficient (Wildman–Crippen LogP) is 6.73. The van der Waals surface area contributed by atoms with Crippen LogP contribution in [0.2, 0.25) is 0 Å². The molecule has 242 valence electrons. The lowest BCUT2D eigenvalue weighted by atomic mass is 9.92. The number of anilines is 3. The molecule has 2 aliphatic heterocycles. The molecule has 0 amide bonds. The van der Waals surface area contributed by atoms with Crippen LogP contribution in [0, 0.1) is 5.92 Å². The third-order valence-electron chi connectivity index (χ3n) is 9.09. The lowest BCUT2D eigenvalue weighted by Gasteiger charge is -2.34. The van der Waals surface area contributed by atoms with Crippen LogP contribution in [0.25, 0.3) is 10.9 Å². The van der Waals surface area contributed by atoms with E-state index < -0.39 is 5.60 Å². The smallest absolute Gasteiger partial charge is 0.311 e. The molecule has 1 aromatic carbocycles. The number of aromatic nitrogens is 4. The second kappa shape index (κ2) is 14.0. The fourth-order valence-electron chi connectivity index (χ4n) is 6.61. The first kappa shape index (κ1) is 31.7. The number of para-hydroxylation sites is 1. The van der Waals surface area contributed by atoms with Crippen LogP contribution in [-0.2, 0) is 28.8 Å². The van der Waals surface area contributed by atoms with Crippen LogP contribution >= 0.6 is 0 Å². The molecule has 1 fully saturated rings. The van der Waals surface area contributed by atoms with E-state index >= 15 is 0 Å². The van der Waals surface area contributed by atoms with E-state index in [9.17, 15) is 4.79 Å². The van der Waals surface area contributed by atoms with E-state index in [1.54, 1.807) is 6.33 Å². The molecule has 2 aliphatic rings. The summed E-state index contributed by atoms with van der Waals surface area (Å²) in [7, 11) is 0. The van der Waals surface area contributed by atoms with Gasteiger partial charge in [0.1, 0.15) is 29.4 Å². The molecule has 3 aromatic heterocycles. The van der Waals surface area contributed by atoms with Crippen molar-refractivity contribution in [3.63, 3.8) is 0 Å². The van der Waals surface area contributed by atoms with E-state index in [0.29, 0.717) is 18.9 Å². The lowest BCUT2D eigenvalue weighted by molar-refractivity contribution is -0.159. The van der Waals surface area contributed by atoms with Gasteiger partial charge in [-0.3, -0.25) is 9.78 Å². The van der Waals surface area contributed by atoms with Crippen molar-refractivity contribution in [2.75, 3.05) is 41.7 Å². The average Bonchev–Trinajstić information content (AvgIpc) is 3.07. The second-order valence-electron chi connectivity index (χ2n) is 13.6. The van der Waals surface area contributed by atoms with Gasteiger partial charge in [-0.2, -0.15) is 0 Å². The van der Waals surface area contributed by atoms with Crippen molar-refractivity contribution < 1.29 is 9.53 Å². The zero-order valence-corrected chi connectivity index (χ0v) is 27.7. The van der Waals surface area contributed by atoms with E-state index in [0.717, 1.165) is 91.2 Å². The number of carbonyl (C=O) groups is 1. The summed E-state index contributed by atoms with van der Waals surface area (Å²) in [5, 5.41) is 8.11. The third kappa shape index (κ3) is 7.57. The van der Waals surface area contributed by atoms with Crippen LogP contribution in [0.1, 0.15) is 81.7 Å². The Morgan fingerprint density at radius 1 is 1.11 bits per heavy atom. The molecule has 5 heterocycles. The van der Waals surface area contributed by atoms with Crippen molar-refractivity contribution >= 4 is 34.3 Å². The topological polar surface area (TPSA) is 105 Å². The van der Waals surface area contributed by atoms with Crippen molar-refractivity contribution in [1.29, 1.82) is 0 Å². The summed E-state index contributed by atoms with van der Waals surface area (Å²) in [5.41, 5.74) is 5.13. The Bertz CT molecular complexity index is 1660. The Morgan fingerprint density at radius 2 is 1.93 bits per heavy atom. The molecule has 0 bridgehead atoms. The van der Waals surface area contributed by atoms with E-state index in [1.807, 2.05) is 45.2 Å². The van der Waals surface area contributed by atoms with Gasteiger partial charge in [0.15, 0.2) is 0 Å². The van der Waals surface area contributed by atoms with Crippen LogP contribution in [0.4, 0.5) is 17.5 Å². The number of benzene rings is 1. The molecule has 0 unspecified atom stereocenters. The molecular weight excluding hydrogens is 574 g/mol. The van der Waals surface area contributed by atoms with E-state index in [4.69, 9.17) is 14.7 Å². The van der Waals surface area contributed by atoms with Gasteiger partial charge in [-0.25, -0.2) is 15.0 Å².